The van der Waals surface area contributed by atoms with Crippen LogP contribution in [-0.4, -0.2) is 63.8 Å². The molecule has 0 aliphatic carbocycles. The minimum absolute atomic E-state index is 0.180. The van der Waals surface area contributed by atoms with Crippen LogP contribution in [0.25, 0.3) is 16.8 Å². The third kappa shape index (κ3) is 7.97. The van der Waals surface area contributed by atoms with E-state index in [9.17, 15) is 19.5 Å². The summed E-state index contributed by atoms with van der Waals surface area (Å²) in [5, 5.41) is 19.1. The number of pyridine rings is 1. The minimum Gasteiger partial charge on any atom is -0.368 e. The topological polar surface area (TPSA) is 133 Å². The maximum absolute atomic E-state index is 13.1. The molecular formula is C30H41N5O5. The van der Waals surface area contributed by atoms with Gasteiger partial charge in [-0.15, -0.1) is 6.58 Å². The Balaban J connectivity index is 1.59. The van der Waals surface area contributed by atoms with Crippen LogP contribution in [0.4, 0.5) is 0 Å². The number of hydrogen-bond donors (Lipinski definition) is 4. The van der Waals surface area contributed by atoms with Gasteiger partial charge >= 0.3 is 0 Å². The van der Waals surface area contributed by atoms with Gasteiger partial charge in [-0.1, -0.05) is 38.6 Å². The van der Waals surface area contributed by atoms with Gasteiger partial charge in [0.1, 0.15) is 18.2 Å². The molecule has 0 saturated carbocycles. The van der Waals surface area contributed by atoms with Crippen molar-refractivity contribution >= 4 is 34.6 Å². The van der Waals surface area contributed by atoms with Crippen molar-refractivity contribution in [1.29, 1.82) is 0 Å². The lowest BCUT2D eigenvalue weighted by molar-refractivity contribution is -0.168. The van der Waals surface area contributed by atoms with Gasteiger partial charge in [0.2, 0.25) is 11.8 Å². The van der Waals surface area contributed by atoms with E-state index in [1.54, 1.807) is 33.0 Å². The Bertz CT molecular complexity index is 1230. The quantitative estimate of drug-likeness (QED) is 0.235. The van der Waals surface area contributed by atoms with E-state index in [0.717, 1.165) is 22.0 Å². The van der Waals surface area contributed by atoms with E-state index in [1.165, 1.54) is 11.1 Å². The van der Waals surface area contributed by atoms with Gasteiger partial charge in [-0.05, 0) is 61.8 Å². The third-order valence-corrected chi connectivity index (χ3v) is 6.87. The van der Waals surface area contributed by atoms with Crippen LogP contribution >= 0.6 is 0 Å². The zero-order valence-electron chi connectivity index (χ0n) is 23.7. The fraction of sp³-hybridized carbons (Fsp3) is 0.467. The number of rotatable bonds is 12. The van der Waals surface area contributed by atoms with E-state index in [4.69, 9.17) is 4.74 Å². The number of aliphatic hydroxyl groups is 1. The lowest BCUT2D eigenvalue weighted by atomic mass is 10.0. The van der Waals surface area contributed by atoms with Gasteiger partial charge in [-0.3, -0.25) is 24.4 Å². The monoisotopic (exact) mass is 551 g/mol. The van der Waals surface area contributed by atoms with E-state index in [2.05, 4.69) is 34.2 Å². The molecule has 4 N–H and O–H groups in total. The van der Waals surface area contributed by atoms with E-state index >= 15 is 0 Å². The molecule has 0 radical (unpaired) electrons. The number of hydrogen-bond acceptors (Lipinski definition) is 7. The molecule has 0 spiro atoms. The highest BCUT2D eigenvalue weighted by Gasteiger charge is 2.33. The van der Waals surface area contributed by atoms with Crippen molar-refractivity contribution in [2.45, 2.75) is 77.5 Å². The Morgan fingerprint density at radius 3 is 2.60 bits per heavy atom. The Morgan fingerprint density at radius 2 is 1.93 bits per heavy atom. The highest BCUT2D eigenvalue weighted by molar-refractivity contribution is 5.90. The second-order valence-electron chi connectivity index (χ2n) is 10.5. The largest absolute Gasteiger partial charge is 0.368 e. The van der Waals surface area contributed by atoms with Gasteiger partial charge < -0.3 is 20.5 Å². The number of aliphatic hydroxyl groups excluding tert-OH is 1. The fourth-order valence-corrected chi connectivity index (χ4v) is 4.57. The molecular weight excluding hydrogens is 510 g/mol. The summed E-state index contributed by atoms with van der Waals surface area (Å²) in [6, 6.07) is 6.18. The maximum atomic E-state index is 13.1. The van der Waals surface area contributed by atoms with Crippen LogP contribution in [0.5, 0.6) is 0 Å². The molecule has 10 heteroatoms. The number of amides is 3. The summed E-state index contributed by atoms with van der Waals surface area (Å²) in [6.45, 7) is 14.8. The number of aromatic nitrogens is 1. The normalized spacial score (nSPS) is 18.4. The number of hydrazine groups is 1. The highest BCUT2D eigenvalue weighted by atomic mass is 16.6. The number of nitrogens with zero attached hydrogens (tertiary/aromatic N) is 2. The molecule has 216 valence electrons. The predicted octanol–water partition coefficient (Wildman–Crippen LogP) is 2.99. The van der Waals surface area contributed by atoms with Crippen LogP contribution < -0.4 is 16.1 Å². The van der Waals surface area contributed by atoms with Gasteiger partial charge in [-0.25, -0.2) is 5.43 Å². The average molecular weight is 552 g/mol. The first-order chi connectivity index (χ1) is 19.0. The number of fused-ring (bicyclic) bond motifs is 1. The minimum atomic E-state index is -1.16. The lowest BCUT2D eigenvalue weighted by Gasteiger charge is -2.35. The number of ether oxygens (including phenoxy) is 1. The van der Waals surface area contributed by atoms with Crippen molar-refractivity contribution in [2.75, 3.05) is 6.54 Å². The van der Waals surface area contributed by atoms with Crippen LogP contribution in [0, 0.1) is 5.92 Å². The van der Waals surface area contributed by atoms with Crippen molar-refractivity contribution in [3.05, 3.63) is 61.0 Å². The summed E-state index contributed by atoms with van der Waals surface area (Å²) in [5.74, 6) is -1.30. The van der Waals surface area contributed by atoms with E-state index < -0.39 is 30.4 Å². The van der Waals surface area contributed by atoms with E-state index in [0.29, 0.717) is 19.4 Å². The molecule has 1 aromatic carbocycles. The molecule has 2 heterocycles. The highest BCUT2D eigenvalue weighted by Crippen LogP contribution is 2.22. The van der Waals surface area contributed by atoms with Gasteiger partial charge in [0.25, 0.3) is 5.91 Å². The standard InChI is InChI=1S/C30H41N5O5/c1-7-10-26(36)40-27(18(3)4)29(38)33-20(6)30(39)35-14-9-11-25(34-35)28(37)32-19(5)21-12-13-22-17-31-24(8-2)16-23(22)15-21/h7-8,12-13,15-20,25-27,34,36H,1-2,9-11,14H2,3-6H3,(H,32,37)(H,33,38)/t19-,20+,25+,26?,27+/m1/s1. The third-order valence-electron chi connectivity index (χ3n) is 6.87. The predicted molar refractivity (Wildman–Crippen MR) is 154 cm³/mol. The molecule has 40 heavy (non-hydrogen) atoms. The van der Waals surface area contributed by atoms with Gasteiger partial charge in [0.05, 0.1) is 11.7 Å². The smallest absolute Gasteiger partial charge is 0.258 e. The summed E-state index contributed by atoms with van der Waals surface area (Å²) >= 11 is 0. The molecule has 0 bridgehead atoms. The molecule has 1 aliphatic heterocycles. The number of carbonyl (C=O) groups excluding carboxylic acids is 3. The van der Waals surface area contributed by atoms with Crippen LogP contribution in [0.1, 0.15) is 64.3 Å². The first-order valence-corrected chi connectivity index (χ1v) is 13.7. The Morgan fingerprint density at radius 1 is 1.18 bits per heavy atom. The SMILES string of the molecule is C=CCC(O)O[C@H](C(=O)N[C@@H](C)C(=O)N1CCC[C@@H](C(=O)N[C@H](C)c2ccc3cnc(C=C)cc3c2)N1)C(C)C. The Hall–Kier alpha value is -3.60. The first kappa shape index (κ1) is 30.9. The van der Waals surface area contributed by atoms with Crippen molar-refractivity contribution in [3.8, 4) is 0 Å². The molecule has 10 nitrogen and oxygen atoms in total. The average Bonchev–Trinajstić information content (AvgIpc) is 2.94. The lowest BCUT2D eigenvalue weighted by Crippen LogP contribution is -2.61. The Kier molecular flexibility index (Phi) is 10.9. The van der Waals surface area contributed by atoms with Crippen LogP contribution in [0.2, 0.25) is 0 Å². The molecule has 1 aliphatic rings. The maximum Gasteiger partial charge on any atom is 0.258 e. The fourth-order valence-electron chi connectivity index (χ4n) is 4.57. The van der Waals surface area contributed by atoms with E-state index in [-0.39, 0.29) is 30.2 Å². The number of nitrogens with one attached hydrogen (secondary N) is 3. The molecule has 2 aromatic rings. The van der Waals surface area contributed by atoms with Gasteiger partial charge in [0, 0.05) is 24.5 Å². The summed E-state index contributed by atoms with van der Waals surface area (Å²) in [4.78, 5) is 43.4. The zero-order valence-corrected chi connectivity index (χ0v) is 23.7. The molecule has 3 rings (SSSR count). The Labute approximate surface area is 235 Å². The second kappa shape index (κ2) is 14.2. The van der Waals surface area contributed by atoms with Gasteiger partial charge in [-0.2, -0.15) is 0 Å². The van der Waals surface area contributed by atoms with Crippen molar-refractivity contribution in [3.63, 3.8) is 0 Å². The number of carbonyl (C=O) groups is 3. The molecule has 1 fully saturated rings. The number of benzene rings is 1. The summed E-state index contributed by atoms with van der Waals surface area (Å²) < 4.78 is 5.47. The molecule has 1 saturated heterocycles. The first-order valence-electron chi connectivity index (χ1n) is 13.7. The summed E-state index contributed by atoms with van der Waals surface area (Å²) in [6.07, 6.45) is 4.26. The van der Waals surface area contributed by atoms with E-state index in [1.807, 2.05) is 31.2 Å². The molecule has 1 aromatic heterocycles. The summed E-state index contributed by atoms with van der Waals surface area (Å²) in [5.41, 5.74) is 4.75. The second-order valence-corrected chi connectivity index (χ2v) is 10.5. The molecule has 5 atom stereocenters. The van der Waals surface area contributed by atoms with Crippen molar-refractivity contribution in [2.24, 2.45) is 5.92 Å². The van der Waals surface area contributed by atoms with Crippen molar-refractivity contribution in [1.82, 2.24) is 26.1 Å². The van der Waals surface area contributed by atoms with Crippen molar-refractivity contribution < 1.29 is 24.2 Å². The zero-order chi connectivity index (χ0) is 29.4. The van der Waals surface area contributed by atoms with Crippen LogP contribution in [0.3, 0.4) is 0 Å². The van der Waals surface area contributed by atoms with Crippen LogP contribution in [0.15, 0.2) is 49.7 Å². The van der Waals surface area contributed by atoms with Crippen LogP contribution in [-0.2, 0) is 19.1 Å². The molecule has 1 unspecified atom stereocenters. The van der Waals surface area contributed by atoms with Gasteiger partial charge in [0.15, 0.2) is 6.29 Å². The summed E-state index contributed by atoms with van der Waals surface area (Å²) in [7, 11) is 0. The molecule has 3 amide bonds.